The number of rotatable bonds is 6. The van der Waals surface area contributed by atoms with Gasteiger partial charge in [-0.2, -0.15) is 0 Å². The van der Waals surface area contributed by atoms with Crippen molar-refractivity contribution in [1.82, 2.24) is 25.4 Å². The van der Waals surface area contributed by atoms with Crippen LogP contribution in [0.4, 0.5) is 0 Å². The maximum Gasteiger partial charge on any atom is 0.273 e. The Hall–Kier alpha value is -2.15. The van der Waals surface area contributed by atoms with E-state index in [0.29, 0.717) is 29.8 Å². The van der Waals surface area contributed by atoms with Gasteiger partial charge >= 0.3 is 0 Å². The van der Waals surface area contributed by atoms with Crippen LogP contribution in [0.15, 0.2) is 4.79 Å². The molecular weight excluding hydrogens is 330 g/mol. The highest BCUT2D eigenvalue weighted by Crippen LogP contribution is 2.21. The van der Waals surface area contributed by atoms with E-state index in [2.05, 4.69) is 20.7 Å². The largest absolute Gasteiger partial charge is 0.356 e. The summed E-state index contributed by atoms with van der Waals surface area (Å²) in [6.07, 6.45) is 4.53. The van der Waals surface area contributed by atoms with Gasteiger partial charge in [0, 0.05) is 25.7 Å². The van der Waals surface area contributed by atoms with Crippen LogP contribution in [0.3, 0.4) is 0 Å². The van der Waals surface area contributed by atoms with Gasteiger partial charge in [0.1, 0.15) is 0 Å². The Bertz CT molecular complexity index is 846. The first-order valence-corrected chi connectivity index (χ1v) is 9.49. The van der Waals surface area contributed by atoms with Gasteiger partial charge in [-0.15, -0.1) is 0 Å². The Balaban J connectivity index is 1.58. The van der Waals surface area contributed by atoms with Crippen LogP contribution >= 0.6 is 0 Å². The standard InChI is InChI=1S/C19H29N5O2/c1-12-15(13(2)22-18-17(12)19(26)23-24(18)3)6-7-16(25)21-10-8-14-5-4-9-20-11-14/h14,20H,4-11H2,1-3H3,(H,21,25)(H,23,26). The predicted octanol–water partition coefficient (Wildman–Crippen LogP) is 1.32. The third-order valence-electron chi connectivity index (χ3n) is 5.45. The van der Waals surface area contributed by atoms with Gasteiger partial charge in [-0.25, -0.2) is 4.98 Å². The second-order valence-corrected chi connectivity index (χ2v) is 7.35. The van der Waals surface area contributed by atoms with E-state index < -0.39 is 0 Å². The van der Waals surface area contributed by atoms with Crippen LogP contribution in [0, 0.1) is 19.8 Å². The summed E-state index contributed by atoms with van der Waals surface area (Å²) >= 11 is 0. The molecule has 1 aliphatic heterocycles. The highest BCUT2D eigenvalue weighted by molar-refractivity contribution is 5.81. The Morgan fingerprint density at radius 3 is 2.92 bits per heavy atom. The fourth-order valence-electron chi connectivity index (χ4n) is 3.93. The van der Waals surface area contributed by atoms with Crippen molar-refractivity contribution >= 4 is 16.9 Å². The van der Waals surface area contributed by atoms with Crippen molar-refractivity contribution in [3.63, 3.8) is 0 Å². The molecule has 3 heterocycles. The molecule has 142 valence electrons. The monoisotopic (exact) mass is 359 g/mol. The van der Waals surface area contributed by atoms with E-state index in [0.717, 1.165) is 42.9 Å². The van der Waals surface area contributed by atoms with Crippen molar-refractivity contribution in [2.24, 2.45) is 13.0 Å². The lowest BCUT2D eigenvalue weighted by Crippen LogP contribution is -2.33. The van der Waals surface area contributed by atoms with Gasteiger partial charge in [-0.05, 0) is 69.7 Å². The number of aryl methyl sites for hydroxylation is 3. The lowest BCUT2D eigenvalue weighted by molar-refractivity contribution is -0.121. The number of nitrogens with one attached hydrogen (secondary N) is 3. The molecule has 3 rings (SSSR count). The van der Waals surface area contributed by atoms with E-state index in [9.17, 15) is 9.59 Å². The number of amides is 1. The number of hydrogen-bond donors (Lipinski definition) is 3. The minimum atomic E-state index is -0.126. The Kier molecular flexibility index (Phi) is 5.76. The van der Waals surface area contributed by atoms with Gasteiger partial charge in [-0.1, -0.05) is 0 Å². The molecule has 0 bridgehead atoms. The molecule has 2 aromatic rings. The molecule has 7 nitrogen and oxygen atoms in total. The van der Waals surface area contributed by atoms with Crippen molar-refractivity contribution in [1.29, 1.82) is 0 Å². The predicted molar refractivity (Wildman–Crippen MR) is 102 cm³/mol. The van der Waals surface area contributed by atoms with Gasteiger partial charge in [0.05, 0.1) is 5.39 Å². The van der Waals surface area contributed by atoms with E-state index >= 15 is 0 Å². The summed E-state index contributed by atoms with van der Waals surface area (Å²) in [5.74, 6) is 0.736. The average molecular weight is 359 g/mol. The first-order valence-electron chi connectivity index (χ1n) is 9.49. The third kappa shape index (κ3) is 3.98. The Labute approximate surface area is 153 Å². The van der Waals surface area contributed by atoms with Gasteiger partial charge in [0.25, 0.3) is 5.56 Å². The molecule has 1 amide bonds. The highest BCUT2D eigenvalue weighted by Gasteiger charge is 2.16. The molecule has 0 aromatic carbocycles. The summed E-state index contributed by atoms with van der Waals surface area (Å²) in [7, 11) is 1.78. The minimum absolute atomic E-state index is 0.0645. The average Bonchev–Trinajstić information content (AvgIpc) is 2.89. The summed E-state index contributed by atoms with van der Waals surface area (Å²) in [6, 6.07) is 0. The number of pyridine rings is 1. The number of nitrogens with zero attached hydrogens (tertiary/aromatic N) is 2. The number of carbonyl (C=O) groups excluding carboxylic acids is 1. The fraction of sp³-hybridized carbons (Fsp3) is 0.632. The van der Waals surface area contributed by atoms with Crippen LogP contribution in [0.2, 0.25) is 0 Å². The number of carbonyl (C=O) groups is 1. The number of piperidine rings is 1. The van der Waals surface area contributed by atoms with E-state index in [4.69, 9.17) is 0 Å². The van der Waals surface area contributed by atoms with E-state index in [1.165, 1.54) is 12.8 Å². The highest BCUT2D eigenvalue weighted by atomic mass is 16.1. The van der Waals surface area contributed by atoms with Crippen LogP contribution in [-0.2, 0) is 18.3 Å². The molecule has 3 N–H and O–H groups in total. The molecule has 0 saturated carbocycles. The van der Waals surface area contributed by atoms with Gasteiger partial charge < -0.3 is 10.6 Å². The molecule has 0 spiro atoms. The Morgan fingerprint density at radius 2 is 2.19 bits per heavy atom. The van der Waals surface area contributed by atoms with Gasteiger partial charge in [0.2, 0.25) is 5.91 Å². The molecule has 1 aliphatic rings. The summed E-state index contributed by atoms with van der Waals surface area (Å²) in [5, 5.41) is 9.81. The zero-order valence-electron chi connectivity index (χ0n) is 15.9. The van der Waals surface area contributed by atoms with Crippen molar-refractivity contribution in [2.75, 3.05) is 19.6 Å². The molecule has 1 fully saturated rings. The van der Waals surface area contributed by atoms with Crippen LogP contribution in [-0.4, -0.2) is 40.3 Å². The fourth-order valence-corrected chi connectivity index (χ4v) is 3.93. The van der Waals surface area contributed by atoms with Crippen molar-refractivity contribution < 1.29 is 4.79 Å². The van der Waals surface area contributed by atoms with Gasteiger partial charge in [0.15, 0.2) is 5.65 Å². The molecule has 0 aliphatic carbocycles. The second-order valence-electron chi connectivity index (χ2n) is 7.35. The molecule has 7 heteroatoms. The van der Waals surface area contributed by atoms with Crippen molar-refractivity contribution in [3.05, 3.63) is 27.2 Å². The first-order chi connectivity index (χ1) is 12.5. The number of aromatic amines is 1. The zero-order valence-corrected chi connectivity index (χ0v) is 15.9. The molecule has 0 radical (unpaired) electrons. The topological polar surface area (TPSA) is 91.8 Å². The van der Waals surface area contributed by atoms with Crippen LogP contribution < -0.4 is 16.2 Å². The maximum atomic E-state index is 12.2. The molecule has 26 heavy (non-hydrogen) atoms. The third-order valence-corrected chi connectivity index (χ3v) is 5.45. The molecule has 1 atom stereocenters. The molecule has 1 saturated heterocycles. The number of hydrogen-bond acceptors (Lipinski definition) is 4. The zero-order chi connectivity index (χ0) is 18.7. The van der Waals surface area contributed by atoms with Crippen LogP contribution in [0.5, 0.6) is 0 Å². The quantitative estimate of drug-likeness (QED) is 0.725. The van der Waals surface area contributed by atoms with Crippen molar-refractivity contribution in [2.45, 2.75) is 46.0 Å². The van der Waals surface area contributed by atoms with Gasteiger partial charge in [-0.3, -0.25) is 19.4 Å². The van der Waals surface area contributed by atoms with Crippen molar-refractivity contribution in [3.8, 4) is 0 Å². The number of aromatic nitrogens is 3. The van der Waals surface area contributed by atoms with E-state index in [1.807, 2.05) is 13.8 Å². The van der Waals surface area contributed by atoms with E-state index in [-0.39, 0.29) is 11.5 Å². The second kappa shape index (κ2) is 8.03. The summed E-state index contributed by atoms with van der Waals surface area (Å²) in [5.41, 5.74) is 3.35. The normalized spacial score (nSPS) is 17.6. The maximum absolute atomic E-state index is 12.2. The van der Waals surface area contributed by atoms with E-state index in [1.54, 1.807) is 11.7 Å². The molecular formula is C19H29N5O2. The summed E-state index contributed by atoms with van der Waals surface area (Å²) in [6.45, 7) is 6.79. The lowest BCUT2D eigenvalue weighted by atomic mass is 9.96. The number of H-pyrrole nitrogens is 1. The van der Waals surface area contributed by atoms with Crippen LogP contribution in [0.25, 0.3) is 11.0 Å². The molecule has 2 aromatic heterocycles. The lowest BCUT2D eigenvalue weighted by Gasteiger charge is -2.22. The first kappa shape index (κ1) is 18.6. The summed E-state index contributed by atoms with van der Waals surface area (Å²) < 4.78 is 1.65. The Morgan fingerprint density at radius 1 is 1.38 bits per heavy atom. The van der Waals surface area contributed by atoms with Crippen LogP contribution in [0.1, 0.15) is 42.5 Å². The SMILES string of the molecule is Cc1nc2c(c(C)c1CCC(=O)NCCC1CCCNC1)c(=O)[nH]n2C. The number of fused-ring (bicyclic) bond motifs is 1. The minimum Gasteiger partial charge on any atom is -0.356 e. The molecule has 1 unspecified atom stereocenters. The summed E-state index contributed by atoms with van der Waals surface area (Å²) in [4.78, 5) is 28.9. The smallest absolute Gasteiger partial charge is 0.273 e.